The van der Waals surface area contributed by atoms with Crippen LogP contribution in [0.5, 0.6) is 11.5 Å². The Labute approximate surface area is 116 Å². The van der Waals surface area contributed by atoms with Crippen molar-refractivity contribution in [2.45, 2.75) is 18.4 Å². The van der Waals surface area contributed by atoms with Crippen molar-refractivity contribution in [2.24, 2.45) is 0 Å². The van der Waals surface area contributed by atoms with E-state index in [9.17, 15) is 8.42 Å². The number of benzene rings is 1. The predicted molar refractivity (Wildman–Crippen MR) is 69.9 cm³/mol. The van der Waals surface area contributed by atoms with E-state index in [1.807, 2.05) is 0 Å². The second-order valence-electron chi connectivity index (χ2n) is 4.37. The van der Waals surface area contributed by atoms with Gasteiger partial charge in [0.05, 0.1) is 11.9 Å². The van der Waals surface area contributed by atoms with Crippen LogP contribution in [0.2, 0.25) is 0 Å². The Morgan fingerprint density at radius 2 is 2.15 bits per heavy atom. The molecule has 2 N–H and O–H groups in total. The Balaban J connectivity index is 1.75. The Morgan fingerprint density at radius 3 is 2.90 bits per heavy atom. The first-order valence-electron chi connectivity index (χ1n) is 5.94. The molecule has 0 saturated heterocycles. The SMILES string of the molecule is Cc1[nH]ncc1S(=O)(=O)NCc1ccc2c(c1)OCO2. The summed E-state index contributed by atoms with van der Waals surface area (Å²) in [5, 5.41) is 6.31. The van der Waals surface area contributed by atoms with Gasteiger partial charge in [0.15, 0.2) is 11.5 Å². The first-order chi connectivity index (χ1) is 9.56. The zero-order valence-corrected chi connectivity index (χ0v) is 11.5. The summed E-state index contributed by atoms with van der Waals surface area (Å²) < 4.78 is 37.2. The molecule has 0 spiro atoms. The molecule has 7 nitrogen and oxygen atoms in total. The fraction of sp³-hybridized carbons (Fsp3) is 0.250. The van der Waals surface area contributed by atoms with Gasteiger partial charge in [-0.25, -0.2) is 13.1 Å². The molecule has 1 aliphatic heterocycles. The number of aromatic amines is 1. The number of ether oxygens (including phenoxy) is 2. The van der Waals surface area contributed by atoms with Crippen LogP contribution in [-0.4, -0.2) is 25.4 Å². The molecule has 0 fully saturated rings. The van der Waals surface area contributed by atoms with Crippen LogP contribution in [0.25, 0.3) is 0 Å². The van der Waals surface area contributed by atoms with Crippen molar-refractivity contribution in [3.8, 4) is 11.5 Å². The monoisotopic (exact) mass is 295 g/mol. The molecule has 20 heavy (non-hydrogen) atoms. The highest BCUT2D eigenvalue weighted by Gasteiger charge is 2.19. The molecule has 1 aromatic heterocycles. The number of aromatic nitrogens is 2. The number of fused-ring (bicyclic) bond motifs is 1. The van der Waals surface area contributed by atoms with Crippen LogP contribution in [0.3, 0.4) is 0 Å². The van der Waals surface area contributed by atoms with E-state index in [0.29, 0.717) is 17.2 Å². The Bertz CT molecular complexity index is 739. The average molecular weight is 295 g/mol. The number of rotatable bonds is 4. The molecular formula is C12H13N3O4S. The summed E-state index contributed by atoms with van der Waals surface area (Å²) in [5.74, 6) is 1.29. The van der Waals surface area contributed by atoms with E-state index < -0.39 is 10.0 Å². The third kappa shape index (κ3) is 2.35. The molecule has 0 unspecified atom stereocenters. The highest BCUT2D eigenvalue weighted by Crippen LogP contribution is 2.32. The molecule has 2 aromatic rings. The fourth-order valence-corrected chi connectivity index (χ4v) is 3.07. The Morgan fingerprint density at radius 1 is 1.35 bits per heavy atom. The normalized spacial score (nSPS) is 13.7. The lowest BCUT2D eigenvalue weighted by atomic mass is 10.2. The quantitative estimate of drug-likeness (QED) is 0.875. The number of sulfonamides is 1. The number of aryl methyl sites for hydroxylation is 1. The third-order valence-electron chi connectivity index (χ3n) is 2.98. The average Bonchev–Trinajstić information content (AvgIpc) is 3.04. The van der Waals surface area contributed by atoms with Gasteiger partial charge in [-0.1, -0.05) is 6.07 Å². The first-order valence-corrected chi connectivity index (χ1v) is 7.43. The number of nitrogens with one attached hydrogen (secondary N) is 2. The Hall–Kier alpha value is -2.06. The summed E-state index contributed by atoms with van der Waals surface area (Å²) in [7, 11) is -3.58. The van der Waals surface area contributed by atoms with E-state index in [1.165, 1.54) is 6.20 Å². The summed E-state index contributed by atoms with van der Waals surface area (Å²) in [5.41, 5.74) is 1.29. The van der Waals surface area contributed by atoms with Crippen molar-refractivity contribution in [2.75, 3.05) is 6.79 Å². The van der Waals surface area contributed by atoms with Gasteiger partial charge in [0.25, 0.3) is 0 Å². The van der Waals surface area contributed by atoms with Gasteiger partial charge in [-0.3, -0.25) is 5.10 Å². The van der Waals surface area contributed by atoms with E-state index in [1.54, 1.807) is 25.1 Å². The van der Waals surface area contributed by atoms with Crippen LogP contribution in [-0.2, 0) is 16.6 Å². The number of nitrogens with zero attached hydrogens (tertiary/aromatic N) is 1. The zero-order chi connectivity index (χ0) is 14.2. The minimum absolute atomic E-state index is 0.151. The summed E-state index contributed by atoms with van der Waals surface area (Å²) in [6.07, 6.45) is 1.29. The molecule has 0 atom stereocenters. The van der Waals surface area contributed by atoms with Crippen molar-refractivity contribution in [3.63, 3.8) is 0 Å². The maximum absolute atomic E-state index is 12.1. The standard InChI is InChI=1S/C12H13N3O4S/c1-8-12(6-13-15-8)20(16,17)14-5-9-2-3-10-11(4-9)19-7-18-10/h2-4,6,14H,5,7H2,1H3,(H,13,15). The maximum Gasteiger partial charge on any atom is 0.244 e. The van der Waals surface area contributed by atoms with E-state index in [4.69, 9.17) is 9.47 Å². The van der Waals surface area contributed by atoms with E-state index in [2.05, 4.69) is 14.9 Å². The van der Waals surface area contributed by atoms with Crippen molar-refractivity contribution >= 4 is 10.0 Å². The van der Waals surface area contributed by atoms with Gasteiger partial charge in [-0.05, 0) is 24.6 Å². The Kier molecular flexibility index (Phi) is 3.11. The molecule has 0 aliphatic carbocycles. The van der Waals surface area contributed by atoms with Gasteiger partial charge in [0, 0.05) is 6.54 Å². The van der Waals surface area contributed by atoms with Crippen molar-refractivity contribution in [1.29, 1.82) is 0 Å². The second kappa shape index (κ2) is 4.80. The smallest absolute Gasteiger partial charge is 0.244 e. The fourth-order valence-electron chi connectivity index (χ4n) is 1.92. The lowest BCUT2D eigenvalue weighted by Gasteiger charge is -2.06. The molecule has 0 saturated carbocycles. The largest absolute Gasteiger partial charge is 0.454 e. The van der Waals surface area contributed by atoms with Crippen molar-refractivity contribution < 1.29 is 17.9 Å². The molecular weight excluding hydrogens is 282 g/mol. The van der Waals surface area contributed by atoms with E-state index in [0.717, 1.165) is 5.56 Å². The summed E-state index contributed by atoms with van der Waals surface area (Å²) in [4.78, 5) is 0.151. The van der Waals surface area contributed by atoms with E-state index in [-0.39, 0.29) is 18.2 Å². The van der Waals surface area contributed by atoms with E-state index >= 15 is 0 Å². The third-order valence-corrected chi connectivity index (χ3v) is 4.49. The predicted octanol–water partition coefficient (Wildman–Crippen LogP) is 0.925. The molecule has 0 bridgehead atoms. The maximum atomic E-state index is 12.1. The van der Waals surface area contributed by atoms with Gasteiger partial charge in [0.1, 0.15) is 4.90 Å². The van der Waals surface area contributed by atoms with Crippen LogP contribution in [0, 0.1) is 6.92 Å². The first kappa shape index (κ1) is 12.9. The highest BCUT2D eigenvalue weighted by molar-refractivity contribution is 7.89. The van der Waals surface area contributed by atoms with Gasteiger partial charge >= 0.3 is 0 Å². The summed E-state index contributed by atoms with van der Waals surface area (Å²) in [6.45, 7) is 2.02. The molecule has 2 heterocycles. The highest BCUT2D eigenvalue weighted by atomic mass is 32.2. The molecule has 3 rings (SSSR count). The number of H-pyrrole nitrogens is 1. The minimum Gasteiger partial charge on any atom is -0.454 e. The lowest BCUT2D eigenvalue weighted by Crippen LogP contribution is -2.23. The molecule has 106 valence electrons. The van der Waals surface area contributed by atoms with Gasteiger partial charge in [0.2, 0.25) is 16.8 Å². The number of hydrogen-bond acceptors (Lipinski definition) is 5. The van der Waals surface area contributed by atoms with Crippen LogP contribution in [0.1, 0.15) is 11.3 Å². The van der Waals surface area contributed by atoms with Crippen LogP contribution >= 0.6 is 0 Å². The summed E-state index contributed by atoms with van der Waals surface area (Å²) >= 11 is 0. The van der Waals surface area contributed by atoms with Gasteiger partial charge < -0.3 is 9.47 Å². The van der Waals surface area contributed by atoms with Crippen molar-refractivity contribution in [1.82, 2.24) is 14.9 Å². The molecule has 1 aliphatic rings. The summed E-state index contributed by atoms with van der Waals surface area (Å²) in [6, 6.07) is 5.31. The van der Waals surface area contributed by atoms with Gasteiger partial charge in [-0.2, -0.15) is 5.10 Å². The van der Waals surface area contributed by atoms with Crippen molar-refractivity contribution in [3.05, 3.63) is 35.7 Å². The minimum atomic E-state index is -3.58. The zero-order valence-electron chi connectivity index (χ0n) is 10.7. The van der Waals surface area contributed by atoms with Crippen LogP contribution < -0.4 is 14.2 Å². The molecule has 0 radical (unpaired) electrons. The van der Waals surface area contributed by atoms with Crippen LogP contribution in [0.4, 0.5) is 0 Å². The van der Waals surface area contributed by atoms with Gasteiger partial charge in [-0.15, -0.1) is 0 Å². The molecule has 1 aromatic carbocycles. The number of hydrogen-bond donors (Lipinski definition) is 2. The molecule has 8 heteroatoms. The second-order valence-corrected chi connectivity index (χ2v) is 6.11. The lowest BCUT2D eigenvalue weighted by molar-refractivity contribution is 0.174. The topological polar surface area (TPSA) is 93.3 Å². The molecule has 0 amide bonds. The van der Waals surface area contributed by atoms with Crippen LogP contribution in [0.15, 0.2) is 29.3 Å².